The number of fused-ring (bicyclic) bond motifs is 1. The third-order valence-corrected chi connectivity index (χ3v) is 4.74. The number of para-hydroxylation sites is 1. The number of pyridine rings is 1. The van der Waals surface area contributed by atoms with Gasteiger partial charge in [0.1, 0.15) is 22.4 Å². The van der Waals surface area contributed by atoms with Crippen LogP contribution >= 0.6 is 11.3 Å². The zero-order chi connectivity index (χ0) is 18.6. The third-order valence-electron chi connectivity index (χ3n) is 3.90. The van der Waals surface area contributed by atoms with Crippen molar-refractivity contribution in [2.45, 2.75) is 0 Å². The summed E-state index contributed by atoms with van der Waals surface area (Å²) in [4.78, 5) is 17.2. The summed E-state index contributed by atoms with van der Waals surface area (Å²) >= 11 is 1.24. The van der Waals surface area contributed by atoms with E-state index in [4.69, 9.17) is 10.00 Å². The van der Waals surface area contributed by atoms with Crippen LogP contribution in [0.15, 0.2) is 72.2 Å². The van der Waals surface area contributed by atoms with Gasteiger partial charge >= 0.3 is 0 Å². The highest BCUT2D eigenvalue weighted by atomic mass is 32.1. The Labute approximate surface area is 159 Å². The normalized spacial score (nSPS) is 10.3. The van der Waals surface area contributed by atoms with E-state index in [1.54, 1.807) is 29.8 Å². The molecular weight excluding hydrogens is 358 g/mol. The largest absolute Gasteiger partial charge is 0.457 e. The minimum atomic E-state index is -0.265. The lowest BCUT2D eigenvalue weighted by molar-refractivity contribution is 0.102. The Morgan fingerprint density at radius 1 is 1.11 bits per heavy atom. The summed E-state index contributed by atoms with van der Waals surface area (Å²) in [5.74, 6) is 1.03. The number of carbonyl (C=O) groups excluding carboxylic acids is 1. The van der Waals surface area contributed by atoms with Crippen molar-refractivity contribution in [1.29, 1.82) is 5.26 Å². The van der Waals surface area contributed by atoms with Crippen LogP contribution in [0, 0.1) is 11.3 Å². The Morgan fingerprint density at radius 3 is 2.85 bits per heavy atom. The highest BCUT2D eigenvalue weighted by Crippen LogP contribution is 2.30. The Kier molecular flexibility index (Phi) is 4.52. The van der Waals surface area contributed by atoms with Crippen LogP contribution < -0.4 is 10.1 Å². The quantitative estimate of drug-likeness (QED) is 0.534. The molecule has 0 fully saturated rings. The van der Waals surface area contributed by atoms with Gasteiger partial charge in [-0.15, -0.1) is 11.3 Å². The van der Waals surface area contributed by atoms with E-state index in [0.717, 1.165) is 10.9 Å². The predicted molar refractivity (Wildman–Crippen MR) is 105 cm³/mol. The smallest absolute Gasteiger partial charge is 0.256 e. The van der Waals surface area contributed by atoms with Crippen LogP contribution in [0.4, 0.5) is 5.69 Å². The van der Waals surface area contributed by atoms with E-state index in [9.17, 15) is 4.79 Å². The summed E-state index contributed by atoms with van der Waals surface area (Å²) in [6.07, 6.45) is 1.70. The number of nitrogens with one attached hydrogen (secondary N) is 1. The molecule has 0 radical (unpaired) electrons. The fourth-order valence-electron chi connectivity index (χ4n) is 2.64. The first-order valence-electron chi connectivity index (χ1n) is 8.14. The first-order chi connectivity index (χ1) is 13.2. The maximum Gasteiger partial charge on any atom is 0.256 e. The zero-order valence-corrected chi connectivity index (χ0v) is 14.9. The Bertz CT molecular complexity index is 1170. The van der Waals surface area contributed by atoms with Gasteiger partial charge in [0.15, 0.2) is 0 Å². The summed E-state index contributed by atoms with van der Waals surface area (Å²) in [5, 5.41) is 14.3. The average Bonchev–Trinajstić information content (AvgIpc) is 3.18. The van der Waals surface area contributed by atoms with Crippen LogP contribution in [0.25, 0.3) is 10.9 Å². The number of carbonyl (C=O) groups is 1. The standard InChI is InChI=1S/C21H13N3O2S/c22-12-17-10-14(13-27-17)21(25)24-15-4-3-5-16(11-15)26-20-8-9-23-19-7-2-1-6-18(19)20/h1-11,13H,(H,24,25). The van der Waals surface area contributed by atoms with Gasteiger partial charge in [0.25, 0.3) is 5.91 Å². The van der Waals surface area contributed by atoms with Crippen LogP contribution in [0.2, 0.25) is 0 Å². The minimum absolute atomic E-state index is 0.265. The van der Waals surface area contributed by atoms with Gasteiger partial charge in [-0.1, -0.05) is 18.2 Å². The number of aromatic nitrogens is 1. The molecule has 1 N–H and O–H groups in total. The van der Waals surface area contributed by atoms with E-state index in [1.807, 2.05) is 48.5 Å². The molecule has 0 saturated heterocycles. The Hall–Kier alpha value is -3.69. The zero-order valence-electron chi connectivity index (χ0n) is 14.0. The van der Waals surface area contributed by atoms with Crippen molar-refractivity contribution in [1.82, 2.24) is 4.98 Å². The second-order valence-electron chi connectivity index (χ2n) is 5.72. The second kappa shape index (κ2) is 7.28. The fraction of sp³-hybridized carbons (Fsp3) is 0. The minimum Gasteiger partial charge on any atom is -0.457 e. The van der Waals surface area contributed by atoms with Gasteiger partial charge in [0, 0.05) is 28.7 Å². The summed E-state index contributed by atoms with van der Waals surface area (Å²) in [6, 6.07) is 20.3. The van der Waals surface area contributed by atoms with E-state index in [0.29, 0.717) is 27.6 Å². The van der Waals surface area contributed by atoms with Gasteiger partial charge in [0.2, 0.25) is 0 Å². The molecule has 2 aromatic heterocycles. The molecule has 0 aliphatic carbocycles. The molecule has 0 aliphatic rings. The first-order valence-corrected chi connectivity index (χ1v) is 9.02. The van der Waals surface area contributed by atoms with Crippen LogP contribution in [0.3, 0.4) is 0 Å². The van der Waals surface area contributed by atoms with E-state index in [-0.39, 0.29) is 5.91 Å². The second-order valence-corrected chi connectivity index (χ2v) is 6.63. The molecular formula is C21H13N3O2S. The molecule has 0 unspecified atom stereocenters. The molecule has 5 nitrogen and oxygen atoms in total. The molecule has 27 heavy (non-hydrogen) atoms. The number of nitrogens with zero attached hydrogens (tertiary/aromatic N) is 2. The predicted octanol–water partition coefficient (Wildman–Crippen LogP) is 5.21. The van der Waals surface area contributed by atoms with Crippen molar-refractivity contribution in [3.8, 4) is 17.6 Å². The maximum absolute atomic E-state index is 12.3. The number of benzene rings is 2. The molecule has 0 atom stereocenters. The number of anilines is 1. The molecule has 2 heterocycles. The summed E-state index contributed by atoms with van der Waals surface area (Å²) < 4.78 is 6.01. The highest BCUT2D eigenvalue weighted by Gasteiger charge is 2.10. The van der Waals surface area contributed by atoms with Crippen molar-refractivity contribution >= 4 is 33.8 Å². The molecule has 1 amide bonds. The number of rotatable bonds is 4. The monoisotopic (exact) mass is 371 g/mol. The Morgan fingerprint density at radius 2 is 2.00 bits per heavy atom. The average molecular weight is 371 g/mol. The van der Waals surface area contributed by atoms with Gasteiger partial charge in [-0.25, -0.2) is 0 Å². The van der Waals surface area contributed by atoms with Crippen LogP contribution in [0.5, 0.6) is 11.5 Å². The van der Waals surface area contributed by atoms with Crippen LogP contribution in [0.1, 0.15) is 15.2 Å². The number of hydrogen-bond donors (Lipinski definition) is 1. The molecule has 130 valence electrons. The maximum atomic E-state index is 12.3. The lowest BCUT2D eigenvalue weighted by Crippen LogP contribution is -2.10. The van der Waals surface area contributed by atoms with Gasteiger partial charge in [0.05, 0.1) is 11.1 Å². The molecule has 4 aromatic rings. The summed E-state index contributed by atoms with van der Waals surface area (Å²) in [5.41, 5.74) is 1.92. The fourth-order valence-corrected chi connectivity index (χ4v) is 3.32. The topological polar surface area (TPSA) is 75.0 Å². The van der Waals surface area contributed by atoms with Gasteiger partial charge in [-0.2, -0.15) is 5.26 Å². The van der Waals surface area contributed by atoms with E-state index >= 15 is 0 Å². The van der Waals surface area contributed by atoms with Crippen molar-refractivity contribution in [3.63, 3.8) is 0 Å². The lowest BCUT2D eigenvalue weighted by Gasteiger charge is -2.10. The van der Waals surface area contributed by atoms with Gasteiger partial charge in [-0.3, -0.25) is 9.78 Å². The summed E-state index contributed by atoms with van der Waals surface area (Å²) in [6.45, 7) is 0. The SMILES string of the molecule is N#Cc1cc(C(=O)Nc2cccc(Oc3ccnc4ccccc34)c2)cs1. The molecule has 0 spiro atoms. The molecule has 0 saturated carbocycles. The van der Waals surface area contributed by atoms with Crippen molar-refractivity contribution in [2.75, 3.05) is 5.32 Å². The number of amides is 1. The van der Waals surface area contributed by atoms with Gasteiger partial charge in [-0.05, 0) is 36.4 Å². The van der Waals surface area contributed by atoms with Crippen LogP contribution in [-0.4, -0.2) is 10.9 Å². The molecule has 6 heteroatoms. The van der Waals surface area contributed by atoms with Gasteiger partial charge < -0.3 is 10.1 Å². The number of nitriles is 1. The molecule has 2 aromatic carbocycles. The summed E-state index contributed by atoms with van der Waals surface area (Å²) in [7, 11) is 0. The van der Waals surface area contributed by atoms with Crippen molar-refractivity contribution in [2.24, 2.45) is 0 Å². The van der Waals surface area contributed by atoms with Crippen LogP contribution in [-0.2, 0) is 0 Å². The number of hydrogen-bond acceptors (Lipinski definition) is 5. The number of ether oxygens (including phenoxy) is 1. The molecule has 4 rings (SSSR count). The molecule has 0 aliphatic heterocycles. The van der Waals surface area contributed by atoms with E-state index < -0.39 is 0 Å². The third kappa shape index (κ3) is 3.64. The van der Waals surface area contributed by atoms with Crippen molar-refractivity contribution in [3.05, 3.63) is 82.7 Å². The number of thiophene rings is 1. The van der Waals surface area contributed by atoms with E-state index in [2.05, 4.69) is 10.3 Å². The molecule has 0 bridgehead atoms. The van der Waals surface area contributed by atoms with Crippen molar-refractivity contribution < 1.29 is 9.53 Å². The van der Waals surface area contributed by atoms with E-state index in [1.165, 1.54) is 11.3 Å². The first kappa shape index (κ1) is 16.8. The lowest BCUT2D eigenvalue weighted by atomic mass is 10.2. The Balaban J connectivity index is 1.55. The highest BCUT2D eigenvalue weighted by molar-refractivity contribution is 7.10.